The van der Waals surface area contributed by atoms with Gasteiger partial charge in [-0.3, -0.25) is 19.4 Å². The van der Waals surface area contributed by atoms with Crippen molar-refractivity contribution in [3.05, 3.63) is 89.7 Å². The third-order valence-electron chi connectivity index (χ3n) is 4.74. The van der Waals surface area contributed by atoms with E-state index in [0.717, 1.165) is 16.8 Å². The summed E-state index contributed by atoms with van der Waals surface area (Å²) < 4.78 is 0. The molecule has 2 N–H and O–H groups in total. The van der Waals surface area contributed by atoms with Crippen molar-refractivity contribution in [2.45, 2.75) is 13.5 Å². The van der Waals surface area contributed by atoms with Crippen molar-refractivity contribution in [2.24, 2.45) is 5.10 Å². The van der Waals surface area contributed by atoms with E-state index in [-0.39, 0.29) is 23.6 Å². The number of pyridine rings is 1. The van der Waals surface area contributed by atoms with Crippen molar-refractivity contribution in [2.75, 3.05) is 16.4 Å². The summed E-state index contributed by atoms with van der Waals surface area (Å²) in [5.41, 5.74) is 4.15. The normalized spacial score (nSPS) is 13.3. The van der Waals surface area contributed by atoms with Crippen LogP contribution in [-0.2, 0) is 11.3 Å². The quantitative estimate of drug-likeness (QED) is 0.570. The molecule has 0 atom stereocenters. The Labute approximate surface area is 195 Å². The Morgan fingerprint density at radius 3 is 2.58 bits per heavy atom. The molecule has 3 amide bonds. The number of nitrogens with zero attached hydrogens (tertiary/aromatic N) is 3. The zero-order valence-electron chi connectivity index (χ0n) is 17.8. The molecule has 0 aliphatic carbocycles. The number of hydrogen-bond acceptors (Lipinski definition) is 6. The lowest BCUT2D eigenvalue weighted by Gasteiger charge is -2.23. The summed E-state index contributed by atoms with van der Waals surface area (Å²) in [6.45, 7) is 1.71. The summed E-state index contributed by atoms with van der Waals surface area (Å²) in [5.74, 6) is 0.0312. The first-order valence-electron chi connectivity index (χ1n) is 10.2. The number of carbonyl (C=O) groups excluding carboxylic acids is 3. The van der Waals surface area contributed by atoms with E-state index in [1.165, 1.54) is 29.9 Å². The number of aromatic nitrogens is 1. The fourth-order valence-electron chi connectivity index (χ4n) is 3.26. The lowest BCUT2D eigenvalue weighted by atomic mass is 10.1. The molecule has 0 spiro atoms. The van der Waals surface area contributed by atoms with Gasteiger partial charge in [-0.05, 0) is 42.0 Å². The fraction of sp³-hybridized carbons (Fsp3) is 0.125. The van der Waals surface area contributed by atoms with Crippen molar-refractivity contribution < 1.29 is 14.4 Å². The van der Waals surface area contributed by atoms with Crippen molar-refractivity contribution in [3.63, 3.8) is 0 Å². The number of hydrogen-bond donors (Lipinski definition) is 2. The first-order chi connectivity index (χ1) is 16.0. The van der Waals surface area contributed by atoms with Gasteiger partial charge in [0.2, 0.25) is 5.91 Å². The van der Waals surface area contributed by atoms with E-state index in [4.69, 9.17) is 0 Å². The second kappa shape index (κ2) is 10.1. The number of anilines is 2. The van der Waals surface area contributed by atoms with Crippen molar-refractivity contribution in [3.8, 4) is 0 Å². The van der Waals surface area contributed by atoms with Crippen LogP contribution in [0, 0.1) is 0 Å². The molecule has 1 aromatic heterocycles. The maximum atomic E-state index is 12.5. The second-order valence-corrected chi connectivity index (χ2v) is 8.24. The van der Waals surface area contributed by atoms with Crippen LogP contribution in [0.4, 0.5) is 16.2 Å². The van der Waals surface area contributed by atoms with Gasteiger partial charge in [0.25, 0.3) is 5.91 Å². The van der Waals surface area contributed by atoms with E-state index in [1.807, 2.05) is 36.4 Å². The fourth-order valence-corrected chi connectivity index (χ4v) is 4.00. The number of amides is 3. The van der Waals surface area contributed by atoms with Crippen molar-refractivity contribution in [1.82, 2.24) is 9.99 Å². The van der Waals surface area contributed by atoms with E-state index in [0.29, 0.717) is 22.7 Å². The smallest absolute Gasteiger partial charge is 0.302 e. The summed E-state index contributed by atoms with van der Waals surface area (Å²) in [7, 11) is 0. The average Bonchev–Trinajstić information content (AvgIpc) is 2.81. The van der Waals surface area contributed by atoms with Crippen LogP contribution in [0.15, 0.2) is 78.2 Å². The van der Waals surface area contributed by atoms with Gasteiger partial charge in [0, 0.05) is 42.0 Å². The standard InChI is InChI=1S/C24H21N5O3S/c1-16(30)26-21-9-3-6-18(12-21)22-15-33-24(32)29(28-22)14-17-5-2-8-20(11-17)27-23(31)19-7-4-10-25-13-19/h2-13H,14-15H2,1H3,(H,26,30)(H,27,31). The molecule has 0 unspecified atom stereocenters. The van der Waals surface area contributed by atoms with Crippen molar-refractivity contribution in [1.29, 1.82) is 0 Å². The predicted octanol–water partition coefficient (Wildman–Crippen LogP) is 4.37. The van der Waals surface area contributed by atoms with Gasteiger partial charge in [-0.1, -0.05) is 36.0 Å². The molecule has 1 aliphatic heterocycles. The highest BCUT2D eigenvalue weighted by molar-refractivity contribution is 8.14. The molecule has 0 saturated heterocycles. The second-order valence-electron chi connectivity index (χ2n) is 7.32. The van der Waals surface area contributed by atoms with Gasteiger partial charge in [0.1, 0.15) is 0 Å². The monoisotopic (exact) mass is 459 g/mol. The van der Waals surface area contributed by atoms with Gasteiger partial charge in [-0.25, -0.2) is 5.01 Å². The predicted molar refractivity (Wildman–Crippen MR) is 129 cm³/mol. The van der Waals surface area contributed by atoms with Crippen LogP contribution in [0.1, 0.15) is 28.4 Å². The summed E-state index contributed by atoms with van der Waals surface area (Å²) in [5, 5.41) is 11.4. The van der Waals surface area contributed by atoms with Crippen LogP contribution in [0.25, 0.3) is 0 Å². The summed E-state index contributed by atoms with van der Waals surface area (Å²) in [6.07, 6.45) is 3.11. The third-order valence-corrected chi connectivity index (χ3v) is 5.62. The molecule has 0 bridgehead atoms. The van der Waals surface area contributed by atoms with Crippen LogP contribution < -0.4 is 10.6 Å². The molecule has 2 aromatic carbocycles. The lowest BCUT2D eigenvalue weighted by Crippen LogP contribution is -2.29. The van der Waals surface area contributed by atoms with E-state index in [9.17, 15) is 14.4 Å². The molecular weight excluding hydrogens is 438 g/mol. The number of hydrazone groups is 1. The van der Waals surface area contributed by atoms with E-state index < -0.39 is 0 Å². The highest BCUT2D eigenvalue weighted by atomic mass is 32.2. The van der Waals surface area contributed by atoms with Gasteiger partial charge >= 0.3 is 5.24 Å². The van der Waals surface area contributed by atoms with Gasteiger partial charge in [0.05, 0.1) is 17.8 Å². The summed E-state index contributed by atoms with van der Waals surface area (Å²) >= 11 is 1.17. The SMILES string of the molecule is CC(=O)Nc1cccc(C2=NN(Cc3cccc(NC(=O)c4cccnc4)c3)C(=O)SC2)c1. The van der Waals surface area contributed by atoms with Crippen LogP contribution >= 0.6 is 11.8 Å². The van der Waals surface area contributed by atoms with Gasteiger partial charge in [-0.2, -0.15) is 5.10 Å². The Morgan fingerprint density at radius 2 is 1.82 bits per heavy atom. The Kier molecular flexibility index (Phi) is 6.80. The molecule has 8 nitrogen and oxygen atoms in total. The van der Waals surface area contributed by atoms with Gasteiger partial charge < -0.3 is 10.6 Å². The lowest BCUT2D eigenvalue weighted by molar-refractivity contribution is -0.114. The zero-order chi connectivity index (χ0) is 23.2. The average molecular weight is 460 g/mol. The maximum Gasteiger partial charge on any atom is 0.302 e. The first-order valence-corrected chi connectivity index (χ1v) is 11.2. The Balaban J connectivity index is 1.50. The van der Waals surface area contributed by atoms with E-state index >= 15 is 0 Å². The number of carbonyl (C=O) groups is 3. The molecule has 2 heterocycles. The Hall–Kier alpha value is -3.98. The zero-order valence-corrected chi connectivity index (χ0v) is 18.6. The maximum absolute atomic E-state index is 12.5. The molecule has 3 aromatic rings. The van der Waals surface area contributed by atoms with E-state index in [1.54, 1.807) is 30.5 Å². The topological polar surface area (TPSA) is 104 Å². The summed E-state index contributed by atoms with van der Waals surface area (Å²) in [6, 6.07) is 18.0. The minimum absolute atomic E-state index is 0.151. The molecule has 9 heteroatoms. The largest absolute Gasteiger partial charge is 0.326 e. The van der Waals surface area contributed by atoms with Gasteiger partial charge in [0.15, 0.2) is 0 Å². The molecule has 1 aliphatic rings. The van der Waals surface area contributed by atoms with Crippen LogP contribution in [0.5, 0.6) is 0 Å². The molecule has 4 rings (SSSR count). The van der Waals surface area contributed by atoms with Crippen molar-refractivity contribution >= 4 is 45.9 Å². The van der Waals surface area contributed by atoms with Crippen LogP contribution in [-0.4, -0.2) is 38.5 Å². The first kappa shape index (κ1) is 22.2. The highest BCUT2D eigenvalue weighted by Gasteiger charge is 2.22. The van der Waals surface area contributed by atoms with Gasteiger partial charge in [-0.15, -0.1) is 0 Å². The molecule has 0 radical (unpaired) electrons. The Morgan fingerprint density at radius 1 is 1.03 bits per heavy atom. The molecule has 0 fully saturated rings. The Bertz CT molecular complexity index is 1230. The van der Waals surface area contributed by atoms with Crippen LogP contribution in [0.3, 0.4) is 0 Å². The number of benzene rings is 2. The molecular formula is C24H21N5O3S. The number of thioether (sulfide) groups is 1. The van der Waals surface area contributed by atoms with E-state index in [2.05, 4.69) is 20.7 Å². The minimum Gasteiger partial charge on any atom is -0.326 e. The molecule has 0 saturated carbocycles. The number of rotatable bonds is 6. The minimum atomic E-state index is -0.260. The molecule has 33 heavy (non-hydrogen) atoms. The third kappa shape index (κ3) is 5.83. The summed E-state index contributed by atoms with van der Waals surface area (Å²) in [4.78, 5) is 40.2. The molecule has 166 valence electrons. The van der Waals surface area contributed by atoms with Crippen LogP contribution in [0.2, 0.25) is 0 Å². The highest BCUT2D eigenvalue weighted by Crippen LogP contribution is 2.24. The number of nitrogens with one attached hydrogen (secondary N) is 2.